The van der Waals surface area contributed by atoms with Crippen molar-refractivity contribution >= 4 is 11.9 Å². The van der Waals surface area contributed by atoms with Crippen molar-refractivity contribution in [2.75, 3.05) is 26.4 Å². The third-order valence-corrected chi connectivity index (χ3v) is 5.22. The molecule has 8 heteroatoms. The molecule has 2 heterocycles. The van der Waals surface area contributed by atoms with Gasteiger partial charge in [-0.2, -0.15) is 5.10 Å². The van der Waals surface area contributed by atoms with E-state index in [1.54, 1.807) is 0 Å². The van der Waals surface area contributed by atoms with Crippen molar-refractivity contribution in [2.45, 2.75) is 52.0 Å². The molecule has 3 rings (SSSR count). The number of ether oxygens (including phenoxy) is 2. The zero-order valence-corrected chi connectivity index (χ0v) is 18.0. The van der Waals surface area contributed by atoms with Crippen LogP contribution in [0.5, 0.6) is 0 Å². The summed E-state index contributed by atoms with van der Waals surface area (Å²) in [7, 11) is 0. The normalized spacial score (nSPS) is 15.0. The first-order valence-electron chi connectivity index (χ1n) is 11.0. The number of hydrogen-bond acceptors (Lipinski definition) is 5. The molecular formula is C23H30FN3O4. The van der Waals surface area contributed by atoms with E-state index in [2.05, 4.69) is 10.4 Å². The molecule has 31 heavy (non-hydrogen) atoms. The molecule has 0 unspecified atom stereocenters. The zero-order valence-electron chi connectivity index (χ0n) is 18.0. The summed E-state index contributed by atoms with van der Waals surface area (Å²) in [5.41, 5.74) is 2.80. The topological polar surface area (TPSA) is 82.5 Å². The minimum absolute atomic E-state index is 0.0618. The molecule has 0 radical (unpaired) electrons. The molecule has 168 valence electrons. The van der Waals surface area contributed by atoms with Crippen molar-refractivity contribution < 1.29 is 23.5 Å². The minimum Gasteiger partial charge on any atom is -0.462 e. The van der Waals surface area contributed by atoms with Crippen LogP contribution >= 0.6 is 0 Å². The molecular weight excluding hydrogens is 401 g/mol. The lowest BCUT2D eigenvalue weighted by Gasteiger charge is -2.10. The van der Waals surface area contributed by atoms with Crippen LogP contribution in [0.2, 0.25) is 0 Å². The van der Waals surface area contributed by atoms with Gasteiger partial charge in [0.15, 0.2) is 0 Å². The average Bonchev–Trinajstić information content (AvgIpc) is 3.11. The van der Waals surface area contributed by atoms with Gasteiger partial charge in [-0.3, -0.25) is 9.48 Å². The Kier molecular flexibility index (Phi) is 8.58. The second-order valence-corrected chi connectivity index (χ2v) is 7.52. The quantitative estimate of drug-likeness (QED) is 0.537. The molecule has 1 amide bonds. The van der Waals surface area contributed by atoms with Crippen molar-refractivity contribution in [1.29, 1.82) is 0 Å². The zero-order chi connectivity index (χ0) is 22.1. The fourth-order valence-electron chi connectivity index (χ4n) is 3.61. The van der Waals surface area contributed by atoms with Crippen molar-refractivity contribution in [3.05, 3.63) is 52.6 Å². The van der Waals surface area contributed by atoms with Gasteiger partial charge in [-0.1, -0.05) is 6.92 Å². The molecule has 0 saturated carbocycles. The van der Waals surface area contributed by atoms with Crippen LogP contribution in [0.15, 0.2) is 24.3 Å². The number of aryl methyl sites for hydroxylation is 2. The number of hydrogen-bond donors (Lipinski definition) is 1. The number of benzene rings is 1. The van der Waals surface area contributed by atoms with Crippen LogP contribution in [-0.2, 0) is 28.9 Å². The summed E-state index contributed by atoms with van der Waals surface area (Å²) in [6.45, 7) is 4.83. The van der Waals surface area contributed by atoms with Gasteiger partial charge in [-0.25, -0.2) is 9.18 Å². The smallest absolute Gasteiger partial charge is 0.338 e. The van der Waals surface area contributed by atoms with E-state index in [9.17, 15) is 14.0 Å². The van der Waals surface area contributed by atoms with Crippen LogP contribution < -0.4 is 5.32 Å². The molecule has 7 nitrogen and oxygen atoms in total. The number of halogens is 1. The lowest BCUT2D eigenvalue weighted by molar-refractivity contribution is 0.0496. The third-order valence-electron chi connectivity index (χ3n) is 5.22. The number of carbonyl (C=O) groups is 2. The lowest BCUT2D eigenvalue weighted by atomic mass is 10.1. The van der Waals surface area contributed by atoms with Crippen LogP contribution in [0, 0.1) is 5.82 Å². The largest absolute Gasteiger partial charge is 0.462 e. The summed E-state index contributed by atoms with van der Waals surface area (Å²) < 4.78 is 25.8. The first-order valence-corrected chi connectivity index (χ1v) is 11.0. The summed E-state index contributed by atoms with van der Waals surface area (Å²) in [5, 5.41) is 7.67. The van der Waals surface area contributed by atoms with Crippen molar-refractivity contribution in [1.82, 2.24) is 15.1 Å². The van der Waals surface area contributed by atoms with E-state index in [0.717, 1.165) is 37.1 Å². The summed E-state index contributed by atoms with van der Waals surface area (Å²) in [4.78, 5) is 24.7. The lowest BCUT2D eigenvalue weighted by Crippen LogP contribution is -2.26. The van der Waals surface area contributed by atoms with Gasteiger partial charge in [0.1, 0.15) is 5.82 Å². The van der Waals surface area contributed by atoms with E-state index in [1.165, 1.54) is 24.3 Å². The SMILES string of the molecule is CCc1nn(CCCCOC(=O)c2ccc(F)cc2)c2c1C(=O)NCCCOCCC2. The van der Waals surface area contributed by atoms with Gasteiger partial charge in [0.2, 0.25) is 0 Å². The molecule has 1 aliphatic heterocycles. The Bertz CT molecular complexity index is 880. The highest BCUT2D eigenvalue weighted by Crippen LogP contribution is 2.19. The first-order chi connectivity index (χ1) is 15.1. The van der Waals surface area contributed by atoms with Gasteiger partial charge >= 0.3 is 5.97 Å². The van der Waals surface area contributed by atoms with Crippen LogP contribution in [0.4, 0.5) is 4.39 Å². The summed E-state index contributed by atoms with van der Waals surface area (Å²) in [6, 6.07) is 5.29. The highest BCUT2D eigenvalue weighted by molar-refractivity contribution is 5.96. The van der Waals surface area contributed by atoms with Crippen molar-refractivity contribution in [2.24, 2.45) is 0 Å². The Labute approximate surface area is 181 Å². The Balaban J connectivity index is 1.57. The van der Waals surface area contributed by atoms with Gasteiger partial charge in [-0.15, -0.1) is 0 Å². The predicted molar refractivity (Wildman–Crippen MR) is 114 cm³/mol. The fraction of sp³-hybridized carbons (Fsp3) is 0.522. The predicted octanol–water partition coefficient (Wildman–Crippen LogP) is 3.30. The molecule has 2 aromatic rings. The van der Waals surface area contributed by atoms with Crippen molar-refractivity contribution in [3.8, 4) is 0 Å². The van der Waals surface area contributed by atoms with Crippen LogP contribution in [0.1, 0.15) is 64.7 Å². The summed E-state index contributed by atoms with van der Waals surface area (Å²) in [6.07, 6.45) is 4.48. The number of nitrogens with zero attached hydrogens (tertiary/aromatic N) is 2. The van der Waals surface area contributed by atoms with Gasteiger partial charge in [0, 0.05) is 26.3 Å². The second-order valence-electron chi connectivity index (χ2n) is 7.52. The maximum atomic E-state index is 13.0. The Morgan fingerprint density at radius 3 is 2.77 bits per heavy atom. The molecule has 0 aliphatic carbocycles. The molecule has 0 spiro atoms. The molecule has 0 saturated heterocycles. The molecule has 1 aliphatic rings. The van der Waals surface area contributed by atoms with E-state index in [4.69, 9.17) is 9.47 Å². The number of rotatable bonds is 7. The highest BCUT2D eigenvalue weighted by atomic mass is 19.1. The molecule has 0 bridgehead atoms. The molecule has 0 atom stereocenters. The third kappa shape index (κ3) is 6.37. The van der Waals surface area contributed by atoms with Gasteiger partial charge in [0.25, 0.3) is 5.91 Å². The number of fused-ring (bicyclic) bond motifs is 1. The summed E-state index contributed by atoms with van der Waals surface area (Å²) in [5.74, 6) is -0.912. The van der Waals surface area contributed by atoms with Crippen LogP contribution in [-0.4, -0.2) is 48.0 Å². The summed E-state index contributed by atoms with van der Waals surface area (Å²) >= 11 is 0. The average molecular weight is 432 g/mol. The fourth-order valence-corrected chi connectivity index (χ4v) is 3.61. The number of aromatic nitrogens is 2. The number of unbranched alkanes of at least 4 members (excludes halogenated alkanes) is 1. The first kappa shape index (κ1) is 22.9. The van der Waals surface area contributed by atoms with Crippen LogP contribution in [0.3, 0.4) is 0 Å². The van der Waals surface area contributed by atoms with E-state index < -0.39 is 5.97 Å². The Hall–Kier alpha value is -2.74. The van der Waals surface area contributed by atoms with Gasteiger partial charge < -0.3 is 14.8 Å². The van der Waals surface area contributed by atoms with Gasteiger partial charge in [-0.05, 0) is 62.8 Å². The molecule has 0 fully saturated rings. The number of esters is 1. The highest BCUT2D eigenvalue weighted by Gasteiger charge is 2.22. The van der Waals surface area contributed by atoms with E-state index in [0.29, 0.717) is 50.3 Å². The standard InChI is InChI=1S/C23H30FN3O4/c1-2-19-21-20(7-5-14-30-15-6-12-25-22(21)28)27(26-19)13-3-4-16-31-23(29)17-8-10-18(24)11-9-17/h8-11H,2-7,12-16H2,1H3,(H,25,28). The van der Waals surface area contributed by atoms with Crippen LogP contribution in [0.25, 0.3) is 0 Å². The maximum absolute atomic E-state index is 13.0. The minimum atomic E-state index is -0.461. The monoisotopic (exact) mass is 431 g/mol. The Morgan fingerprint density at radius 2 is 2.00 bits per heavy atom. The number of carbonyl (C=O) groups excluding carboxylic acids is 2. The maximum Gasteiger partial charge on any atom is 0.338 e. The number of nitrogens with one attached hydrogen (secondary N) is 1. The van der Waals surface area contributed by atoms with E-state index >= 15 is 0 Å². The second kappa shape index (κ2) is 11.6. The molecule has 1 N–H and O–H groups in total. The number of amides is 1. The molecule has 1 aromatic heterocycles. The van der Waals surface area contributed by atoms with Crippen molar-refractivity contribution in [3.63, 3.8) is 0 Å². The van der Waals surface area contributed by atoms with Gasteiger partial charge in [0.05, 0.1) is 29.1 Å². The van der Waals surface area contributed by atoms with E-state index in [-0.39, 0.29) is 18.3 Å². The Morgan fingerprint density at radius 1 is 1.23 bits per heavy atom. The molecule has 1 aromatic carbocycles. The van der Waals surface area contributed by atoms with E-state index in [1.807, 2.05) is 11.6 Å².